The standard InChI is InChI=1S/C30H23Br2Cl2N/c1-30(2,3)20-16-25(33)29(26(34)17-20)35(27-21-10-6-4-8-18(21)12-14-23(27)31)28-22-11-7-5-9-19(22)13-15-24(28)32/h4-17H,1-3H3. The first-order valence-electron chi connectivity index (χ1n) is 11.3. The van der Waals surface area contributed by atoms with Gasteiger partial charge in [0, 0.05) is 19.7 Å². The van der Waals surface area contributed by atoms with Crippen LogP contribution in [0.4, 0.5) is 17.1 Å². The molecular formula is C30H23Br2Cl2N. The molecule has 0 aromatic heterocycles. The van der Waals surface area contributed by atoms with E-state index in [9.17, 15) is 0 Å². The Morgan fingerprint density at radius 1 is 0.600 bits per heavy atom. The number of nitrogens with zero attached hydrogens (tertiary/aromatic N) is 1. The molecule has 5 aromatic rings. The zero-order valence-electron chi connectivity index (χ0n) is 19.5. The van der Waals surface area contributed by atoms with Gasteiger partial charge in [-0.25, -0.2) is 0 Å². The van der Waals surface area contributed by atoms with E-state index in [2.05, 4.69) is 130 Å². The number of hydrogen-bond acceptors (Lipinski definition) is 1. The summed E-state index contributed by atoms with van der Waals surface area (Å²) >= 11 is 21.9. The van der Waals surface area contributed by atoms with Crippen LogP contribution in [0.5, 0.6) is 0 Å². The fourth-order valence-electron chi connectivity index (χ4n) is 4.46. The highest BCUT2D eigenvalue weighted by Crippen LogP contribution is 2.52. The van der Waals surface area contributed by atoms with Crippen LogP contribution in [0, 0.1) is 0 Å². The van der Waals surface area contributed by atoms with Crippen molar-refractivity contribution in [3.8, 4) is 0 Å². The lowest BCUT2D eigenvalue weighted by atomic mass is 9.87. The first-order chi connectivity index (χ1) is 16.7. The van der Waals surface area contributed by atoms with Crippen LogP contribution in [0.3, 0.4) is 0 Å². The van der Waals surface area contributed by atoms with Gasteiger partial charge in [0.2, 0.25) is 0 Å². The predicted molar refractivity (Wildman–Crippen MR) is 160 cm³/mol. The summed E-state index contributed by atoms with van der Waals surface area (Å²) in [5.41, 5.74) is 3.71. The maximum Gasteiger partial charge on any atom is 0.0836 e. The number of fused-ring (bicyclic) bond motifs is 2. The van der Waals surface area contributed by atoms with Gasteiger partial charge in [-0.15, -0.1) is 0 Å². The summed E-state index contributed by atoms with van der Waals surface area (Å²) in [7, 11) is 0. The molecule has 176 valence electrons. The second-order valence-electron chi connectivity index (χ2n) is 9.61. The fourth-order valence-corrected chi connectivity index (χ4v) is 6.16. The lowest BCUT2D eigenvalue weighted by Crippen LogP contribution is -2.16. The average molecular weight is 628 g/mol. The van der Waals surface area contributed by atoms with Gasteiger partial charge in [0.05, 0.1) is 27.1 Å². The molecular weight excluding hydrogens is 605 g/mol. The molecule has 0 saturated carbocycles. The van der Waals surface area contributed by atoms with E-state index in [0.717, 1.165) is 53.1 Å². The van der Waals surface area contributed by atoms with Crippen molar-refractivity contribution in [3.05, 3.63) is 109 Å². The lowest BCUT2D eigenvalue weighted by molar-refractivity contribution is 0.590. The van der Waals surface area contributed by atoms with Gasteiger partial charge in [-0.2, -0.15) is 0 Å². The zero-order valence-corrected chi connectivity index (χ0v) is 24.2. The highest BCUT2D eigenvalue weighted by Gasteiger charge is 2.27. The van der Waals surface area contributed by atoms with E-state index in [0.29, 0.717) is 10.0 Å². The van der Waals surface area contributed by atoms with Crippen LogP contribution < -0.4 is 4.90 Å². The minimum absolute atomic E-state index is 0.0866. The molecule has 0 bridgehead atoms. The number of rotatable bonds is 3. The average Bonchev–Trinajstić information content (AvgIpc) is 2.82. The van der Waals surface area contributed by atoms with Crippen LogP contribution in [0.2, 0.25) is 10.0 Å². The van der Waals surface area contributed by atoms with Crippen molar-refractivity contribution in [2.45, 2.75) is 26.2 Å². The third-order valence-electron chi connectivity index (χ3n) is 6.26. The summed E-state index contributed by atoms with van der Waals surface area (Å²) in [6, 6.07) is 29.2. The summed E-state index contributed by atoms with van der Waals surface area (Å²) < 4.78 is 1.89. The summed E-state index contributed by atoms with van der Waals surface area (Å²) in [5, 5.41) is 5.64. The molecule has 5 rings (SSSR count). The molecule has 0 aliphatic heterocycles. The van der Waals surface area contributed by atoms with Crippen molar-refractivity contribution in [1.82, 2.24) is 0 Å². The topological polar surface area (TPSA) is 3.24 Å². The summed E-state index contributed by atoms with van der Waals surface area (Å²) in [6.45, 7) is 6.49. The van der Waals surface area contributed by atoms with Gasteiger partial charge in [0.15, 0.2) is 0 Å². The van der Waals surface area contributed by atoms with Gasteiger partial charge in [0.25, 0.3) is 0 Å². The minimum atomic E-state index is -0.0866. The second kappa shape index (κ2) is 9.44. The molecule has 1 nitrogen and oxygen atoms in total. The molecule has 0 unspecified atom stereocenters. The minimum Gasteiger partial charge on any atom is -0.304 e. The molecule has 35 heavy (non-hydrogen) atoms. The number of anilines is 3. The molecule has 0 N–H and O–H groups in total. The number of benzene rings is 5. The van der Waals surface area contributed by atoms with Gasteiger partial charge in [-0.05, 0) is 77.9 Å². The van der Waals surface area contributed by atoms with Crippen LogP contribution >= 0.6 is 55.1 Å². The fraction of sp³-hybridized carbons (Fsp3) is 0.133. The molecule has 0 aliphatic carbocycles. The first kappa shape index (κ1) is 24.6. The smallest absolute Gasteiger partial charge is 0.0836 e. The Morgan fingerprint density at radius 3 is 1.46 bits per heavy atom. The maximum absolute atomic E-state index is 7.09. The first-order valence-corrected chi connectivity index (χ1v) is 13.6. The van der Waals surface area contributed by atoms with Crippen LogP contribution in [0.15, 0.2) is 93.9 Å². The Labute approximate surface area is 232 Å². The second-order valence-corrected chi connectivity index (χ2v) is 12.1. The van der Waals surface area contributed by atoms with Crippen LogP contribution in [-0.2, 0) is 5.41 Å². The Balaban J connectivity index is 1.94. The summed E-state index contributed by atoms with van der Waals surface area (Å²) in [5.74, 6) is 0. The molecule has 0 radical (unpaired) electrons. The molecule has 0 aliphatic rings. The molecule has 5 heteroatoms. The van der Waals surface area contributed by atoms with Crippen molar-refractivity contribution in [1.29, 1.82) is 0 Å². The normalized spacial score (nSPS) is 11.9. The van der Waals surface area contributed by atoms with Crippen molar-refractivity contribution in [2.75, 3.05) is 4.90 Å². The number of hydrogen-bond donors (Lipinski definition) is 0. The van der Waals surface area contributed by atoms with E-state index in [4.69, 9.17) is 23.2 Å². The van der Waals surface area contributed by atoms with Crippen molar-refractivity contribution >= 4 is 93.7 Å². The van der Waals surface area contributed by atoms with Crippen LogP contribution in [0.1, 0.15) is 26.3 Å². The van der Waals surface area contributed by atoms with E-state index < -0.39 is 0 Å². The van der Waals surface area contributed by atoms with E-state index in [1.807, 2.05) is 12.1 Å². The van der Waals surface area contributed by atoms with Crippen molar-refractivity contribution in [2.24, 2.45) is 0 Å². The Kier molecular flexibility index (Phi) is 6.65. The highest BCUT2D eigenvalue weighted by molar-refractivity contribution is 9.11. The van der Waals surface area contributed by atoms with E-state index in [1.54, 1.807) is 0 Å². The van der Waals surface area contributed by atoms with Gasteiger partial charge in [-0.3, -0.25) is 0 Å². The summed E-state index contributed by atoms with van der Waals surface area (Å²) in [4.78, 5) is 2.19. The molecule has 0 amide bonds. The van der Waals surface area contributed by atoms with E-state index in [-0.39, 0.29) is 5.41 Å². The van der Waals surface area contributed by atoms with Crippen molar-refractivity contribution < 1.29 is 0 Å². The highest BCUT2D eigenvalue weighted by atomic mass is 79.9. The lowest BCUT2D eigenvalue weighted by Gasteiger charge is -2.32. The maximum atomic E-state index is 7.09. The van der Waals surface area contributed by atoms with Gasteiger partial charge < -0.3 is 4.90 Å². The SMILES string of the molecule is CC(C)(C)c1cc(Cl)c(N(c2c(Br)ccc3ccccc23)c2c(Br)ccc3ccccc23)c(Cl)c1. The van der Waals surface area contributed by atoms with Gasteiger partial charge in [-0.1, -0.05) is 105 Å². The van der Waals surface area contributed by atoms with Crippen LogP contribution in [-0.4, -0.2) is 0 Å². The third-order valence-corrected chi connectivity index (χ3v) is 8.11. The predicted octanol–water partition coefficient (Wildman–Crippen LogP) is 11.6. The van der Waals surface area contributed by atoms with Crippen molar-refractivity contribution in [3.63, 3.8) is 0 Å². The molecule has 0 heterocycles. The largest absolute Gasteiger partial charge is 0.304 e. The summed E-state index contributed by atoms with van der Waals surface area (Å²) in [6.07, 6.45) is 0. The molecule has 0 saturated heterocycles. The van der Waals surface area contributed by atoms with Gasteiger partial charge >= 0.3 is 0 Å². The molecule has 5 aromatic carbocycles. The van der Waals surface area contributed by atoms with Gasteiger partial charge in [0.1, 0.15) is 0 Å². The molecule has 0 fully saturated rings. The van der Waals surface area contributed by atoms with E-state index in [1.165, 1.54) is 0 Å². The van der Waals surface area contributed by atoms with Crippen LogP contribution in [0.25, 0.3) is 21.5 Å². The quantitative estimate of drug-likeness (QED) is 0.192. The Hall–Kier alpha value is -2.04. The van der Waals surface area contributed by atoms with E-state index >= 15 is 0 Å². The monoisotopic (exact) mass is 625 g/mol. The number of halogens is 4. The molecule has 0 atom stereocenters. The Morgan fingerprint density at radius 2 is 1.03 bits per heavy atom. The molecule has 0 spiro atoms. The third kappa shape index (κ3) is 4.49. The zero-order chi connectivity index (χ0) is 24.9. The Bertz CT molecular complexity index is 1480.